The van der Waals surface area contributed by atoms with Crippen LogP contribution in [0.4, 0.5) is 0 Å². The van der Waals surface area contributed by atoms with Gasteiger partial charge in [0.15, 0.2) is 11.5 Å². The average Bonchev–Trinajstić information content (AvgIpc) is 3.12. The van der Waals surface area contributed by atoms with Gasteiger partial charge in [0.1, 0.15) is 12.5 Å². The molecule has 3 heteroatoms. The number of unbranched alkanes of at least 4 members (excludes halogenated alkanes) is 14. The van der Waals surface area contributed by atoms with Gasteiger partial charge in [0.25, 0.3) is 0 Å². The summed E-state index contributed by atoms with van der Waals surface area (Å²) in [5, 5.41) is 0. The summed E-state index contributed by atoms with van der Waals surface area (Å²) in [5.74, 6) is 1.52. The zero-order valence-corrected chi connectivity index (χ0v) is 18.1. The van der Waals surface area contributed by atoms with Crippen LogP contribution in [0.25, 0.3) is 0 Å². The molecule has 1 heterocycles. The molecule has 0 unspecified atom stereocenters. The van der Waals surface area contributed by atoms with Crippen LogP contribution in [0, 0.1) is 0 Å². The fourth-order valence-corrected chi connectivity index (χ4v) is 3.32. The zero-order valence-electron chi connectivity index (χ0n) is 18.1. The van der Waals surface area contributed by atoms with E-state index in [-0.39, 0.29) is 0 Å². The highest BCUT2D eigenvalue weighted by atomic mass is 16.5. The highest BCUT2D eigenvalue weighted by molar-refractivity contribution is 5.34. The molecular weight excluding hydrogens is 336 g/mol. The Hall–Kier alpha value is -1.12. The first kappa shape index (κ1) is 23.9. The third-order valence-electron chi connectivity index (χ3n) is 5.10. The lowest BCUT2D eigenvalue weighted by molar-refractivity contribution is 0.260. The van der Waals surface area contributed by atoms with E-state index in [1.54, 1.807) is 12.5 Å². The molecule has 0 radical (unpaired) electrons. The predicted molar refractivity (Wildman–Crippen MR) is 115 cm³/mol. The van der Waals surface area contributed by atoms with Gasteiger partial charge < -0.3 is 13.9 Å². The van der Waals surface area contributed by atoms with Crippen LogP contribution in [0.3, 0.4) is 0 Å². The first-order valence-corrected chi connectivity index (χ1v) is 11.7. The van der Waals surface area contributed by atoms with E-state index in [1.165, 1.54) is 89.9 Å². The molecule has 3 nitrogen and oxygen atoms in total. The molecule has 0 aliphatic rings. The molecule has 0 atom stereocenters. The van der Waals surface area contributed by atoms with Crippen LogP contribution in [0.5, 0.6) is 11.5 Å². The molecule has 0 aliphatic carbocycles. The summed E-state index contributed by atoms with van der Waals surface area (Å²) >= 11 is 0. The Kier molecular flexibility index (Phi) is 16.2. The first-order chi connectivity index (χ1) is 13.4. The molecule has 1 aromatic rings. The lowest BCUT2D eigenvalue weighted by Crippen LogP contribution is -2.01. The molecule has 0 spiro atoms. The third kappa shape index (κ3) is 13.7. The maximum atomic E-state index is 5.84. The highest BCUT2D eigenvalue weighted by Crippen LogP contribution is 2.28. The maximum Gasteiger partial charge on any atom is 0.199 e. The van der Waals surface area contributed by atoms with Crippen molar-refractivity contribution in [2.75, 3.05) is 13.2 Å². The normalized spacial score (nSPS) is 11.0. The van der Waals surface area contributed by atoms with Gasteiger partial charge in [-0.2, -0.15) is 0 Å². The Bertz CT molecular complexity index is 377. The molecule has 0 N–H and O–H groups in total. The van der Waals surface area contributed by atoms with Crippen molar-refractivity contribution < 1.29 is 13.9 Å². The van der Waals surface area contributed by atoms with Crippen LogP contribution in [0.1, 0.15) is 117 Å². The van der Waals surface area contributed by atoms with Crippen molar-refractivity contribution in [1.29, 1.82) is 0 Å². The number of furan rings is 1. The van der Waals surface area contributed by atoms with Crippen LogP contribution >= 0.6 is 0 Å². The van der Waals surface area contributed by atoms with Crippen molar-refractivity contribution in [2.45, 2.75) is 117 Å². The van der Waals surface area contributed by atoms with E-state index < -0.39 is 0 Å². The summed E-state index contributed by atoms with van der Waals surface area (Å²) in [6.07, 6.45) is 24.3. The molecule has 1 aromatic heterocycles. The van der Waals surface area contributed by atoms with Crippen molar-refractivity contribution in [3.63, 3.8) is 0 Å². The van der Waals surface area contributed by atoms with Crippen molar-refractivity contribution in [2.24, 2.45) is 0 Å². The monoisotopic (exact) mass is 380 g/mol. The largest absolute Gasteiger partial charge is 0.487 e. The van der Waals surface area contributed by atoms with Gasteiger partial charge in [0, 0.05) is 0 Å². The number of hydrogen-bond donors (Lipinski definition) is 0. The summed E-state index contributed by atoms with van der Waals surface area (Å²) in [7, 11) is 0. The minimum absolute atomic E-state index is 0.753. The molecule has 0 aromatic carbocycles. The number of hydrogen-bond acceptors (Lipinski definition) is 3. The molecule has 0 saturated heterocycles. The second-order valence-corrected chi connectivity index (χ2v) is 7.75. The van der Waals surface area contributed by atoms with Crippen LogP contribution in [-0.2, 0) is 0 Å². The van der Waals surface area contributed by atoms with Gasteiger partial charge in [-0.1, -0.05) is 104 Å². The Morgan fingerprint density at radius 2 is 0.852 bits per heavy atom. The van der Waals surface area contributed by atoms with Crippen molar-refractivity contribution in [3.8, 4) is 11.5 Å². The van der Waals surface area contributed by atoms with Gasteiger partial charge in [-0.25, -0.2) is 0 Å². The van der Waals surface area contributed by atoms with E-state index in [1.807, 2.05) is 0 Å². The van der Waals surface area contributed by atoms with Crippen LogP contribution in [0.15, 0.2) is 16.9 Å². The fourth-order valence-electron chi connectivity index (χ4n) is 3.32. The Morgan fingerprint density at radius 1 is 0.519 bits per heavy atom. The molecule has 1 rings (SSSR count). The zero-order chi connectivity index (χ0) is 19.4. The van der Waals surface area contributed by atoms with Crippen molar-refractivity contribution >= 4 is 0 Å². The minimum Gasteiger partial charge on any atom is -0.487 e. The molecule has 0 fully saturated rings. The Morgan fingerprint density at radius 3 is 1.22 bits per heavy atom. The lowest BCUT2D eigenvalue weighted by Gasteiger charge is -2.08. The van der Waals surface area contributed by atoms with E-state index in [9.17, 15) is 0 Å². The van der Waals surface area contributed by atoms with Gasteiger partial charge in [-0.05, 0) is 12.8 Å². The molecule has 0 saturated carbocycles. The SMILES string of the molecule is CCCCCCCCCCOc1cocc1OCCCCCCCCCC. The van der Waals surface area contributed by atoms with Crippen molar-refractivity contribution in [3.05, 3.63) is 12.5 Å². The molecular formula is C24H44O3. The Labute approximate surface area is 168 Å². The van der Waals surface area contributed by atoms with E-state index >= 15 is 0 Å². The standard InChI is InChI=1S/C24H44O3/c1-3-5-7-9-11-13-15-17-19-26-23-21-25-22-24(23)27-20-18-16-14-12-10-8-6-4-2/h21-22H,3-20H2,1-2H3. The summed E-state index contributed by atoms with van der Waals surface area (Å²) in [5.41, 5.74) is 0. The van der Waals surface area contributed by atoms with Crippen molar-refractivity contribution in [1.82, 2.24) is 0 Å². The number of ether oxygens (including phenoxy) is 2. The van der Waals surface area contributed by atoms with Crippen LogP contribution in [0.2, 0.25) is 0 Å². The van der Waals surface area contributed by atoms with Gasteiger partial charge in [-0.3, -0.25) is 0 Å². The molecule has 27 heavy (non-hydrogen) atoms. The first-order valence-electron chi connectivity index (χ1n) is 11.7. The van der Waals surface area contributed by atoms with Gasteiger partial charge in [-0.15, -0.1) is 0 Å². The fraction of sp³-hybridized carbons (Fsp3) is 0.833. The van der Waals surface area contributed by atoms with E-state index in [0.717, 1.165) is 37.6 Å². The summed E-state index contributed by atoms with van der Waals surface area (Å²) in [6, 6.07) is 0. The quantitative estimate of drug-likeness (QED) is 0.213. The molecule has 158 valence electrons. The third-order valence-corrected chi connectivity index (χ3v) is 5.10. The van der Waals surface area contributed by atoms with E-state index in [2.05, 4.69) is 13.8 Å². The smallest absolute Gasteiger partial charge is 0.199 e. The van der Waals surface area contributed by atoms with E-state index in [4.69, 9.17) is 13.9 Å². The topological polar surface area (TPSA) is 31.6 Å². The summed E-state index contributed by atoms with van der Waals surface area (Å²) in [6.45, 7) is 6.03. The van der Waals surface area contributed by atoms with Crippen LogP contribution < -0.4 is 9.47 Å². The van der Waals surface area contributed by atoms with Gasteiger partial charge >= 0.3 is 0 Å². The average molecular weight is 381 g/mol. The molecule has 0 bridgehead atoms. The van der Waals surface area contributed by atoms with E-state index in [0.29, 0.717) is 0 Å². The molecule has 0 aliphatic heterocycles. The molecule has 0 amide bonds. The maximum absolute atomic E-state index is 5.84. The van der Waals surface area contributed by atoms with Gasteiger partial charge in [0.2, 0.25) is 0 Å². The van der Waals surface area contributed by atoms with Crippen LogP contribution in [-0.4, -0.2) is 13.2 Å². The minimum atomic E-state index is 0.753. The number of rotatable bonds is 20. The second kappa shape index (κ2) is 18.3. The Balaban J connectivity index is 1.96. The predicted octanol–water partition coefficient (Wildman–Crippen LogP) is 8.32. The lowest BCUT2D eigenvalue weighted by atomic mass is 10.1. The van der Waals surface area contributed by atoms with Gasteiger partial charge in [0.05, 0.1) is 13.2 Å². The summed E-state index contributed by atoms with van der Waals surface area (Å²) < 4.78 is 16.9. The summed E-state index contributed by atoms with van der Waals surface area (Å²) in [4.78, 5) is 0. The highest BCUT2D eigenvalue weighted by Gasteiger charge is 2.08. The second-order valence-electron chi connectivity index (χ2n) is 7.75.